The Morgan fingerprint density at radius 2 is 2.03 bits per heavy atom. The molecule has 3 heterocycles. The van der Waals surface area contributed by atoms with Crippen LogP contribution >= 0.6 is 0 Å². The van der Waals surface area contributed by atoms with Crippen LogP contribution in [0.15, 0.2) is 30.6 Å². The third-order valence-electron chi connectivity index (χ3n) is 5.27. The van der Waals surface area contributed by atoms with Crippen LogP contribution in [0.2, 0.25) is 0 Å². The van der Waals surface area contributed by atoms with Crippen LogP contribution in [0.5, 0.6) is 0 Å². The van der Waals surface area contributed by atoms with Gasteiger partial charge in [0.2, 0.25) is 11.9 Å². The van der Waals surface area contributed by atoms with E-state index in [4.69, 9.17) is 0 Å². The van der Waals surface area contributed by atoms with Gasteiger partial charge in [0, 0.05) is 35.9 Å². The molecule has 0 spiro atoms. The molecule has 1 aliphatic heterocycles. The van der Waals surface area contributed by atoms with Gasteiger partial charge in [-0.2, -0.15) is 10.1 Å². The van der Waals surface area contributed by atoms with E-state index in [0.717, 1.165) is 24.6 Å². The first-order valence-electron chi connectivity index (χ1n) is 9.48. The third kappa shape index (κ3) is 3.63. The summed E-state index contributed by atoms with van der Waals surface area (Å²) in [5, 5.41) is 20.4. The van der Waals surface area contributed by atoms with E-state index in [9.17, 15) is 13.9 Å². The summed E-state index contributed by atoms with van der Waals surface area (Å²) >= 11 is 0. The molecule has 1 saturated carbocycles. The minimum absolute atomic E-state index is 0.235. The lowest BCUT2D eigenvalue weighted by molar-refractivity contribution is 0.194. The van der Waals surface area contributed by atoms with E-state index in [1.807, 2.05) is 6.07 Å². The number of nitrogens with one attached hydrogen (secondary N) is 2. The summed E-state index contributed by atoms with van der Waals surface area (Å²) in [6.07, 6.45) is 3.29. The Kier molecular flexibility index (Phi) is 4.35. The zero-order valence-electron chi connectivity index (χ0n) is 15.4. The van der Waals surface area contributed by atoms with Crippen LogP contribution in [0.1, 0.15) is 42.5 Å². The quantitative estimate of drug-likeness (QED) is 0.606. The number of benzene rings is 1. The highest BCUT2D eigenvalue weighted by atomic mass is 19.1. The number of hydrogen-bond donors (Lipinski definition) is 3. The molecule has 0 radical (unpaired) electrons. The van der Waals surface area contributed by atoms with Gasteiger partial charge in [-0.1, -0.05) is 6.07 Å². The molecule has 1 aromatic carbocycles. The monoisotopic (exact) mass is 399 g/mol. The van der Waals surface area contributed by atoms with Gasteiger partial charge in [-0.15, -0.1) is 0 Å². The van der Waals surface area contributed by atoms with Crippen molar-refractivity contribution in [3.05, 3.63) is 53.5 Å². The molecule has 29 heavy (non-hydrogen) atoms. The number of hydrogen-bond acceptors (Lipinski definition) is 7. The van der Waals surface area contributed by atoms with E-state index in [0.29, 0.717) is 35.6 Å². The Balaban J connectivity index is 1.40. The lowest BCUT2D eigenvalue weighted by Gasteiger charge is -2.25. The Bertz CT molecular complexity index is 1040. The second kappa shape index (κ2) is 7.03. The van der Waals surface area contributed by atoms with Gasteiger partial charge in [-0.25, -0.2) is 18.7 Å². The summed E-state index contributed by atoms with van der Waals surface area (Å²) in [4.78, 5) is 14.4. The van der Waals surface area contributed by atoms with E-state index >= 15 is 0 Å². The molecule has 10 heteroatoms. The van der Waals surface area contributed by atoms with Gasteiger partial charge >= 0.3 is 0 Å². The first-order valence-corrected chi connectivity index (χ1v) is 9.48. The number of aromatic nitrogens is 5. The van der Waals surface area contributed by atoms with Crippen molar-refractivity contribution in [1.82, 2.24) is 25.1 Å². The average molecular weight is 399 g/mol. The molecule has 3 N–H and O–H groups in total. The SMILES string of the molecule is OC1CC(c2ccc(F)cc2F)N(c2ncnc(Nc3cc(C4CC4)[nH]n3)n2)C1. The predicted octanol–water partition coefficient (Wildman–Crippen LogP) is 2.81. The Labute approximate surface area is 165 Å². The lowest BCUT2D eigenvalue weighted by Crippen LogP contribution is -2.27. The Morgan fingerprint density at radius 1 is 1.17 bits per heavy atom. The maximum Gasteiger partial charge on any atom is 0.233 e. The third-order valence-corrected chi connectivity index (χ3v) is 5.27. The number of aliphatic hydroxyl groups is 1. The van der Waals surface area contributed by atoms with Gasteiger partial charge in [0.15, 0.2) is 5.82 Å². The van der Waals surface area contributed by atoms with E-state index < -0.39 is 23.8 Å². The van der Waals surface area contributed by atoms with Crippen LogP contribution in [0.25, 0.3) is 0 Å². The number of halogens is 2. The predicted molar refractivity (Wildman–Crippen MR) is 101 cm³/mol. The van der Waals surface area contributed by atoms with Gasteiger partial charge in [-0.05, 0) is 25.3 Å². The minimum atomic E-state index is -0.676. The highest BCUT2D eigenvalue weighted by Crippen LogP contribution is 2.40. The molecule has 2 aliphatic rings. The maximum atomic E-state index is 14.3. The molecule has 0 amide bonds. The fraction of sp³-hybridized carbons (Fsp3) is 0.368. The molecule has 3 aromatic rings. The smallest absolute Gasteiger partial charge is 0.233 e. The van der Waals surface area contributed by atoms with Crippen molar-refractivity contribution in [2.24, 2.45) is 0 Å². The van der Waals surface area contributed by atoms with E-state index in [-0.39, 0.29) is 6.54 Å². The first kappa shape index (κ1) is 17.9. The molecule has 2 aromatic heterocycles. The Morgan fingerprint density at radius 3 is 2.83 bits per heavy atom. The zero-order chi connectivity index (χ0) is 20.0. The van der Waals surface area contributed by atoms with Crippen LogP contribution in [-0.4, -0.2) is 42.9 Å². The summed E-state index contributed by atoms with van der Waals surface area (Å²) < 4.78 is 27.6. The van der Waals surface area contributed by atoms with E-state index in [1.54, 1.807) is 4.90 Å². The molecule has 8 nitrogen and oxygen atoms in total. The molecule has 1 aliphatic carbocycles. The molecule has 2 fully saturated rings. The lowest BCUT2D eigenvalue weighted by atomic mass is 10.0. The number of H-pyrrole nitrogens is 1. The number of β-amino-alcohol motifs (C(OH)–C–C–N with tert-alkyl or cyclic N) is 1. The largest absolute Gasteiger partial charge is 0.391 e. The number of rotatable bonds is 5. The molecule has 2 unspecified atom stereocenters. The fourth-order valence-electron chi connectivity index (χ4n) is 3.71. The van der Waals surface area contributed by atoms with Crippen molar-refractivity contribution in [2.75, 3.05) is 16.8 Å². The van der Waals surface area contributed by atoms with Crippen LogP contribution in [0, 0.1) is 11.6 Å². The van der Waals surface area contributed by atoms with Gasteiger partial charge < -0.3 is 15.3 Å². The van der Waals surface area contributed by atoms with Crippen molar-refractivity contribution in [2.45, 2.75) is 37.3 Å². The number of aliphatic hydroxyl groups excluding tert-OH is 1. The number of anilines is 3. The average Bonchev–Trinajstić information content (AvgIpc) is 3.32. The molecule has 5 rings (SSSR count). The summed E-state index contributed by atoms with van der Waals surface area (Å²) in [7, 11) is 0. The standard InChI is InChI=1S/C19H19F2N7O/c20-11-3-4-13(14(21)5-11)16-6-12(29)8-28(16)19-23-9-22-18(25-19)24-17-7-15(26-27-17)10-1-2-10/h3-5,7,9-10,12,16,29H,1-2,6,8H2,(H2,22,23,24,25,26,27). The minimum Gasteiger partial charge on any atom is -0.391 e. The first-order chi connectivity index (χ1) is 14.1. The highest BCUT2D eigenvalue weighted by molar-refractivity contribution is 5.51. The van der Waals surface area contributed by atoms with Gasteiger partial charge in [0.05, 0.1) is 12.1 Å². The summed E-state index contributed by atoms with van der Waals surface area (Å²) in [5.74, 6) is 0.434. The topological polar surface area (TPSA) is 103 Å². The second-order valence-corrected chi connectivity index (χ2v) is 7.44. The molecule has 0 bridgehead atoms. The van der Waals surface area contributed by atoms with Crippen molar-refractivity contribution >= 4 is 17.7 Å². The number of nitrogens with zero attached hydrogens (tertiary/aromatic N) is 5. The zero-order valence-corrected chi connectivity index (χ0v) is 15.4. The van der Waals surface area contributed by atoms with Crippen molar-refractivity contribution in [3.8, 4) is 0 Å². The van der Waals surface area contributed by atoms with Crippen LogP contribution < -0.4 is 10.2 Å². The van der Waals surface area contributed by atoms with Crippen LogP contribution in [-0.2, 0) is 0 Å². The fourth-order valence-corrected chi connectivity index (χ4v) is 3.71. The van der Waals surface area contributed by atoms with Crippen molar-refractivity contribution in [3.63, 3.8) is 0 Å². The molecular formula is C19H19F2N7O. The summed E-state index contributed by atoms with van der Waals surface area (Å²) in [6, 6.07) is 4.86. The molecular weight excluding hydrogens is 380 g/mol. The number of aromatic amines is 1. The van der Waals surface area contributed by atoms with Gasteiger partial charge in [-0.3, -0.25) is 5.10 Å². The van der Waals surface area contributed by atoms with Crippen molar-refractivity contribution < 1.29 is 13.9 Å². The van der Waals surface area contributed by atoms with Gasteiger partial charge in [0.1, 0.15) is 18.0 Å². The maximum absolute atomic E-state index is 14.3. The summed E-state index contributed by atoms with van der Waals surface area (Å²) in [5.41, 5.74) is 1.37. The molecule has 1 saturated heterocycles. The van der Waals surface area contributed by atoms with Crippen LogP contribution in [0.3, 0.4) is 0 Å². The highest BCUT2D eigenvalue weighted by Gasteiger charge is 2.35. The van der Waals surface area contributed by atoms with E-state index in [2.05, 4.69) is 30.5 Å². The second-order valence-electron chi connectivity index (χ2n) is 7.44. The van der Waals surface area contributed by atoms with E-state index in [1.165, 1.54) is 18.5 Å². The van der Waals surface area contributed by atoms with Crippen LogP contribution in [0.4, 0.5) is 26.5 Å². The van der Waals surface area contributed by atoms with Crippen molar-refractivity contribution in [1.29, 1.82) is 0 Å². The summed E-state index contributed by atoms with van der Waals surface area (Å²) in [6.45, 7) is 0.235. The van der Waals surface area contributed by atoms with Gasteiger partial charge in [0.25, 0.3) is 0 Å². The Hall–Kier alpha value is -3.14. The normalized spacial score (nSPS) is 21.6. The molecule has 2 atom stereocenters. The molecule has 150 valence electrons.